The molecular weight excluding hydrogens is 218 g/mol. The zero-order chi connectivity index (χ0) is 11.5. The van der Waals surface area contributed by atoms with E-state index >= 15 is 0 Å². The van der Waals surface area contributed by atoms with Crippen molar-refractivity contribution in [2.75, 3.05) is 11.1 Å². The number of nitrogens with zero attached hydrogens (tertiary/aromatic N) is 1. The summed E-state index contributed by atoms with van der Waals surface area (Å²) >= 11 is 1.72. The van der Waals surface area contributed by atoms with Crippen LogP contribution in [0.1, 0.15) is 16.8 Å². The largest absolute Gasteiger partial charge is 0.396 e. The molecule has 0 spiro atoms. The van der Waals surface area contributed by atoms with Crippen molar-refractivity contribution in [2.24, 2.45) is 0 Å². The van der Waals surface area contributed by atoms with Crippen molar-refractivity contribution < 1.29 is 0 Å². The molecule has 3 N–H and O–H groups in total. The molecule has 0 saturated heterocycles. The van der Waals surface area contributed by atoms with Gasteiger partial charge in [0.15, 0.2) is 0 Å². The van der Waals surface area contributed by atoms with E-state index in [-0.39, 0.29) is 0 Å². The molecule has 0 amide bonds. The van der Waals surface area contributed by atoms with Crippen molar-refractivity contribution in [3.63, 3.8) is 0 Å². The fourth-order valence-corrected chi connectivity index (χ4v) is 2.31. The van der Waals surface area contributed by atoms with Gasteiger partial charge in [-0.15, -0.1) is 0 Å². The van der Waals surface area contributed by atoms with E-state index in [0.29, 0.717) is 5.69 Å². The van der Waals surface area contributed by atoms with Crippen LogP contribution in [0.3, 0.4) is 0 Å². The molecule has 0 saturated carbocycles. The Balaban J connectivity index is 2.10. The summed E-state index contributed by atoms with van der Waals surface area (Å²) in [6.07, 6.45) is 0. The number of pyridine rings is 1. The molecular formula is C12H15N3S. The first-order chi connectivity index (χ1) is 7.66. The lowest BCUT2D eigenvalue weighted by atomic mass is 10.2. The van der Waals surface area contributed by atoms with Gasteiger partial charge in [-0.25, -0.2) is 4.98 Å². The summed E-state index contributed by atoms with van der Waals surface area (Å²) in [6.45, 7) is 4.84. The van der Waals surface area contributed by atoms with E-state index in [0.717, 1.165) is 18.1 Å². The first kappa shape index (κ1) is 11.0. The zero-order valence-corrected chi connectivity index (χ0v) is 10.3. The summed E-state index contributed by atoms with van der Waals surface area (Å²) in [6, 6.07) is 3.79. The molecule has 84 valence electrons. The van der Waals surface area contributed by atoms with Gasteiger partial charge >= 0.3 is 0 Å². The van der Waals surface area contributed by atoms with E-state index in [1.54, 1.807) is 11.3 Å². The topological polar surface area (TPSA) is 50.9 Å². The first-order valence-corrected chi connectivity index (χ1v) is 6.10. The number of thiophene rings is 1. The van der Waals surface area contributed by atoms with Gasteiger partial charge in [0.25, 0.3) is 0 Å². The van der Waals surface area contributed by atoms with Crippen LogP contribution in [0.2, 0.25) is 0 Å². The molecule has 2 aromatic rings. The van der Waals surface area contributed by atoms with Crippen LogP contribution in [0.15, 0.2) is 22.9 Å². The Bertz CT molecular complexity index is 491. The van der Waals surface area contributed by atoms with E-state index in [4.69, 9.17) is 5.73 Å². The normalized spacial score (nSPS) is 10.4. The Kier molecular flexibility index (Phi) is 3.10. The van der Waals surface area contributed by atoms with Crippen molar-refractivity contribution >= 4 is 22.8 Å². The van der Waals surface area contributed by atoms with Gasteiger partial charge < -0.3 is 11.1 Å². The molecule has 0 unspecified atom stereocenters. The van der Waals surface area contributed by atoms with Crippen LogP contribution in [-0.4, -0.2) is 4.98 Å². The monoisotopic (exact) mass is 233 g/mol. The number of hydrogen-bond acceptors (Lipinski definition) is 4. The van der Waals surface area contributed by atoms with Crippen molar-refractivity contribution in [3.05, 3.63) is 39.7 Å². The smallest absolute Gasteiger partial charge is 0.149 e. The Morgan fingerprint density at radius 1 is 1.31 bits per heavy atom. The number of nitrogen functional groups attached to an aromatic ring is 1. The van der Waals surface area contributed by atoms with Gasteiger partial charge in [-0.1, -0.05) is 0 Å². The molecule has 4 heteroatoms. The second kappa shape index (κ2) is 4.53. The van der Waals surface area contributed by atoms with Gasteiger partial charge in [0, 0.05) is 12.2 Å². The molecule has 0 aromatic carbocycles. The van der Waals surface area contributed by atoms with E-state index < -0.39 is 0 Å². The van der Waals surface area contributed by atoms with Gasteiger partial charge in [-0.05, 0) is 47.9 Å². The Hall–Kier alpha value is -1.55. The fraction of sp³-hybridized carbons (Fsp3) is 0.250. The third-order valence-electron chi connectivity index (χ3n) is 2.47. The van der Waals surface area contributed by atoms with Crippen molar-refractivity contribution in [2.45, 2.75) is 20.4 Å². The molecule has 0 aliphatic rings. The number of anilines is 2. The van der Waals surface area contributed by atoms with Crippen LogP contribution >= 0.6 is 11.3 Å². The van der Waals surface area contributed by atoms with Crippen molar-refractivity contribution in [1.29, 1.82) is 0 Å². The van der Waals surface area contributed by atoms with Crippen LogP contribution in [-0.2, 0) is 6.54 Å². The highest BCUT2D eigenvalue weighted by molar-refractivity contribution is 7.08. The molecule has 0 bridgehead atoms. The predicted molar refractivity (Wildman–Crippen MR) is 69.8 cm³/mol. The van der Waals surface area contributed by atoms with Gasteiger partial charge in [0.1, 0.15) is 5.82 Å². The number of hydrogen-bond donors (Lipinski definition) is 2. The van der Waals surface area contributed by atoms with Gasteiger partial charge in [0.05, 0.1) is 5.69 Å². The quantitative estimate of drug-likeness (QED) is 0.857. The second-order valence-corrected chi connectivity index (χ2v) is 4.57. The van der Waals surface area contributed by atoms with Gasteiger partial charge in [-0.3, -0.25) is 0 Å². The molecule has 2 aromatic heterocycles. The third kappa shape index (κ3) is 2.33. The lowest BCUT2D eigenvalue weighted by Crippen LogP contribution is -2.05. The lowest BCUT2D eigenvalue weighted by molar-refractivity contribution is 1.09. The highest BCUT2D eigenvalue weighted by Crippen LogP contribution is 2.19. The van der Waals surface area contributed by atoms with Crippen LogP contribution in [0.5, 0.6) is 0 Å². The number of rotatable bonds is 3. The standard InChI is InChI=1S/C12H15N3S/c1-8-6-16-7-10(8)5-14-12-11(13)4-3-9(2)15-12/h3-4,6-7H,5,13H2,1-2H3,(H,14,15). The highest BCUT2D eigenvalue weighted by Gasteiger charge is 2.03. The molecule has 0 atom stereocenters. The first-order valence-electron chi connectivity index (χ1n) is 5.15. The Morgan fingerprint density at radius 2 is 2.12 bits per heavy atom. The van der Waals surface area contributed by atoms with Crippen molar-refractivity contribution in [1.82, 2.24) is 4.98 Å². The number of nitrogens with one attached hydrogen (secondary N) is 1. The van der Waals surface area contributed by atoms with Crippen LogP contribution in [0.25, 0.3) is 0 Å². The summed E-state index contributed by atoms with van der Waals surface area (Å²) < 4.78 is 0. The predicted octanol–water partition coefficient (Wildman–Crippen LogP) is 2.95. The minimum Gasteiger partial charge on any atom is -0.396 e. The maximum Gasteiger partial charge on any atom is 0.149 e. The highest BCUT2D eigenvalue weighted by atomic mass is 32.1. The van der Waals surface area contributed by atoms with E-state index in [1.807, 2.05) is 19.1 Å². The molecule has 2 rings (SSSR count). The second-order valence-electron chi connectivity index (χ2n) is 3.82. The number of nitrogens with two attached hydrogens (primary N) is 1. The number of aromatic nitrogens is 1. The lowest BCUT2D eigenvalue weighted by Gasteiger charge is -2.08. The van der Waals surface area contributed by atoms with Crippen LogP contribution in [0, 0.1) is 13.8 Å². The van der Waals surface area contributed by atoms with Crippen LogP contribution in [0.4, 0.5) is 11.5 Å². The summed E-state index contributed by atoms with van der Waals surface area (Å²) in [5.74, 6) is 0.769. The summed E-state index contributed by atoms with van der Waals surface area (Å²) in [5, 5.41) is 7.56. The average Bonchev–Trinajstić information content (AvgIpc) is 2.66. The van der Waals surface area contributed by atoms with E-state index in [9.17, 15) is 0 Å². The molecule has 2 heterocycles. The molecule has 0 radical (unpaired) electrons. The Labute approximate surface area is 99.3 Å². The summed E-state index contributed by atoms with van der Waals surface area (Å²) in [7, 11) is 0. The maximum atomic E-state index is 5.84. The third-order valence-corrected chi connectivity index (χ3v) is 3.38. The number of aryl methyl sites for hydroxylation is 2. The fourth-order valence-electron chi connectivity index (χ4n) is 1.46. The van der Waals surface area contributed by atoms with Crippen molar-refractivity contribution in [3.8, 4) is 0 Å². The summed E-state index contributed by atoms with van der Waals surface area (Å²) in [4.78, 5) is 4.37. The Morgan fingerprint density at radius 3 is 2.81 bits per heavy atom. The molecule has 16 heavy (non-hydrogen) atoms. The minimum absolute atomic E-state index is 0.693. The molecule has 0 fully saturated rings. The van der Waals surface area contributed by atoms with E-state index in [1.165, 1.54) is 11.1 Å². The SMILES string of the molecule is Cc1ccc(N)c(NCc2cscc2C)n1. The van der Waals surface area contributed by atoms with E-state index in [2.05, 4.69) is 28.0 Å². The molecule has 0 aliphatic carbocycles. The molecule has 0 aliphatic heterocycles. The van der Waals surface area contributed by atoms with Gasteiger partial charge in [-0.2, -0.15) is 11.3 Å². The average molecular weight is 233 g/mol. The zero-order valence-electron chi connectivity index (χ0n) is 9.45. The maximum absolute atomic E-state index is 5.84. The minimum atomic E-state index is 0.693. The van der Waals surface area contributed by atoms with Crippen LogP contribution < -0.4 is 11.1 Å². The molecule has 3 nitrogen and oxygen atoms in total. The van der Waals surface area contributed by atoms with Gasteiger partial charge in [0.2, 0.25) is 0 Å². The summed E-state index contributed by atoms with van der Waals surface area (Å²) in [5.41, 5.74) is 10.1.